The van der Waals surface area contributed by atoms with Gasteiger partial charge in [-0.15, -0.1) is 0 Å². The molecule has 1 rings (SSSR count). The van der Waals surface area contributed by atoms with Crippen LogP contribution in [0.3, 0.4) is 0 Å². The highest BCUT2D eigenvalue weighted by molar-refractivity contribution is 5.79. The zero-order valence-electron chi connectivity index (χ0n) is 9.81. The minimum Gasteiger partial charge on any atom is -0.480 e. The molecule has 0 radical (unpaired) electrons. The number of hydrogen-bond donors (Lipinski definition) is 2. The van der Waals surface area contributed by atoms with Gasteiger partial charge >= 0.3 is 5.97 Å². The van der Waals surface area contributed by atoms with E-state index in [9.17, 15) is 9.90 Å². The molecule has 0 bridgehead atoms. The van der Waals surface area contributed by atoms with Crippen molar-refractivity contribution < 1.29 is 9.90 Å². The lowest BCUT2D eigenvalue weighted by Crippen LogP contribution is -2.50. The molecule has 16 heavy (non-hydrogen) atoms. The molecule has 1 aromatic carbocycles. The lowest BCUT2D eigenvalue weighted by atomic mass is 9.84. The molecule has 0 saturated carbocycles. The van der Waals surface area contributed by atoms with Crippen LogP contribution < -0.4 is 5.73 Å². The molecule has 88 valence electrons. The van der Waals surface area contributed by atoms with Gasteiger partial charge in [-0.05, 0) is 17.9 Å². The Morgan fingerprint density at radius 2 is 1.94 bits per heavy atom. The maximum Gasteiger partial charge on any atom is 0.324 e. The number of hydrogen-bond acceptors (Lipinski definition) is 2. The summed E-state index contributed by atoms with van der Waals surface area (Å²) in [4.78, 5) is 11.2. The van der Waals surface area contributed by atoms with Gasteiger partial charge < -0.3 is 10.8 Å². The standard InChI is InChI=1S/C13H19NO2/c1-10(2)8-13(14,12(15)16)9-11-6-4-3-5-7-11/h3-7,10H,8-9,14H2,1-2H3,(H,15,16)/t13-/m1/s1. The van der Waals surface area contributed by atoms with E-state index in [0.717, 1.165) is 5.56 Å². The third-order valence-corrected chi connectivity index (χ3v) is 2.56. The van der Waals surface area contributed by atoms with E-state index in [1.165, 1.54) is 0 Å². The van der Waals surface area contributed by atoms with Crippen LogP contribution in [0.5, 0.6) is 0 Å². The molecule has 0 unspecified atom stereocenters. The highest BCUT2D eigenvalue weighted by atomic mass is 16.4. The monoisotopic (exact) mass is 221 g/mol. The van der Waals surface area contributed by atoms with Crippen LogP contribution in [0.15, 0.2) is 30.3 Å². The fourth-order valence-electron chi connectivity index (χ4n) is 1.92. The van der Waals surface area contributed by atoms with Gasteiger partial charge in [0.1, 0.15) is 5.54 Å². The number of nitrogens with two attached hydrogens (primary N) is 1. The molecule has 0 fully saturated rings. The lowest BCUT2D eigenvalue weighted by molar-refractivity contribution is -0.144. The average Bonchev–Trinajstić information content (AvgIpc) is 2.17. The molecule has 0 aliphatic carbocycles. The van der Waals surface area contributed by atoms with Gasteiger partial charge in [0.2, 0.25) is 0 Å². The van der Waals surface area contributed by atoms with Crippen LogP contribution in [-0.4, -0.2) is 16.6 Å². The van der Waals surface area contributed by atoms with Crippen LogP contribution in [0, 0.1) is 5.92 Å². The first-order valence-corrected chi connectivity index (χ1v) is 5.50. The zero-order chi connectivity index (χ0) is 12.2. The third kappa shape index (κ3) is 3.35. The van der Waals surface area contributed by atoms with Crippen molar-refractivity contribution in [2.75, 3.05) is 0 Å². The zero-order valence-corrected chi connectivity index (χ0v) is 9.81. The van der Waals surface area contributed by atoms with Crippen molar-refractivity contribution >= 4 is 5.97 Å². The van der Waals surface area contributed by atoms with E-state index in [1.54, 1.807) is 0 Å². The van der Waals surface area contributed by atoms with Crippen molar-refractivity contribution in [3.8, 4) is 0 Å². The van der Waals surface area contributed by atoms with Gasteiger partial charge in [-0.25, -0.2) is 0 Å². The summed E-state index contributed by atoms with van der Waals surface area (Å²) in [5.74, 6) is -0.658. The SMILES string of the molecule is CC(C)C[C@@](N)(Cc1ccccc1)C(=O)O. The van der Waals surface area contributed by atoms with Crippen LogP contribution in [0.1, 0.15) is 25.8 Å². The minimum absolute atomic E-state index is 0.268. The van der Waals surface area contributed by atoms with Crippen molar-refractivity contribution in [3.63, 3.8) is 0 Å². The molecular formula is C13H19NO2. The van der Waals surface area contributed by atoms with E-state index >= 15 is 0 Å². The first-order chi connectivity index (χ1) is 7.44. The highest BCUT2D eigenvalue weighted by Gasteiger charge is 2.34. The number of rotatable bonds is 5. The molecule has 0 aliphatic rings. The Labute approximate surface area is 96.3 Å². The first-order valence-electron chi connectivity index (χ1n) is 5.50. The summed E-state index contributed by atoms with van der Waals surface area (Å²) in [5.41, 5.74) is 5.78. The number of carbonyl (C=O) groups is 1. The molecule has 3 heteroatoms. The summed E-state index contributed by atoms with van der Waals surface area (Å²) in [6.45, 7) is 3.96. The number of carboxylic acids is 1. The predicted octanol–water partition coefficient (Wildman–Crippen LogP) is 2.06. The molecule has 0 aromatic heterocycles. The van der Waals surface area contributed by atoms with E-state index in [0.29, 0.717) is 12.8 Å². The summed E-state index contributed by atoms with van der Waals surface area (Å²) < 4.78 is 0. The fourth-order valence-corrected chi connectivity index (χ4v) is 1.92. The Hall–Kier alpha value is -1.35. The largest absolute Gasteiger partial charge is 0.480 e. The Bertz CT molecular complexity index is 348. The van der Waals surface area contributed by atoms with E-state index < -0.39 is 11.5 Å². The molecule has 0 heterocycles. The van der Waals surface area contributed by atoms with Crippen LogP contribution in [0.25, 0.3) is 0 Å². The van der Waals surface area contributed by atoms with Crippen LogP contribution in [-0.2, 0) is 11.2 Å². The van der Waals surface area contributed by atoms with E-state index in [2.05, 4.69) is 0 Å². The maximum absolute atomic E-state index is 11.2. The Morgan fingerprint density at radius 1 is 1.38 bits per heavy atom. The van der Waals surface area contributed by atoms with Crippen LogP contribution in [0.4, 0.5) is 0 Å². The molecule has 0 spiro atoms. The van der Waals surface area contributed by atoms with Crippen molar-refractivity contribution in [2.24, 2.45) is 11.7 Å². The summed E-state index contributed by atoms with van der Waals surface area (Å²) in [6, 6.07) is 9.51. The van der Waals surface area contributed by atoms with Gasteiger partial charge in [-0.1, -0.05) is 44.2 Å². The second-order valence-corrected chi connectivity index (χ2v) is 4.72. The summed E-state index contributed by atoms with van der Waals surface area (Å²) in [5, 5.41) is 9.22. The first kappa shape index (κ1) is 12.7. The Morgan fingerprint density at radius 3 is 2.38 bits per heavy atom. The fraction of sp³-hybridized carbons (Fsp3) is 0.462. The molecule has 0 aliphatic heterocycles. The summed E-state index contributed by atoms with van der Waals surface area (Å²) in [7, 11) is 0. The Balaban J connectivity index is 2.83. The smallest absolute Gasteiger partial charge is 0.324 e. The van der Waals surface area contributed by atoms with Crippen LogP contribution >= 0.6 is 0 Å². The second kappa shape index (κ2) is 5.12. The molecule has 3 N–H and O–H groups in total. The van der Waals surface area contributed by atoms with E-state index in [4.69, 9.17) is 5.73 Å². The topological polar surface area (TPSA) is 63.3 Å². The van der Waals surface area contributed by atoms with E-state index in [1.807, 2.05) is 44.2 Å². The minimum atomic E-state index is -1.16. The van der Waals surface area contributed by atoms with Crippen molar-refractivity contribution in [1.29, 1.82) is 0 Å². The highest BCUT2D eigenvalue weighted by Crippen LogP contribution is 2.20. The Kier molecular flexibility index (Phi) is 4.07. The molecule has 1 aromatic rings. The lowest BCUT2D eigenvalue weighted by Gasteiger charge is -2.26. The second-order valence-electron chi connectivity index (χ2n) is 4.72. The van der Waals surface area contributed by atoms with Gasteiger partial charge in [0, 0.05) is 6.42 Å². The number of benzene rings is 1. The summed E-state index contributed by atoms with van der Waals surface area (Å²) in [6.07, 6.45) is 0.860. The molecular weight excluding hydrogens is 202 g/mol. The van der Waals surface area contributed by atoms with Crippen molar-refractivity contribution in [2.45, 2.75) is 32.2 Å². The van der Waals surface area contributed by atoms with Gasteiger partial charge in [-0.2, -0.15) is 0 Å². The quantitative estimate of drug-likeness (QED) is 0.800. The molecule has 3 nitrogen and oxygen atoms in total. The van der Waals surface area contributed by atoms with Crippen molar-refractivity contribution in [3.05, 3.63) is 35.9 Å². The van der Waals surface area contributed by atoms with Crippen LogP contribution in [0.2, 0.25) is 0 Å². The van der Waals surface area contributed by atoms with Gasteiger partial charge in [-0.3, -0.25) is 4.79 Å². The van der Waals surface area contributed by atoms with Gasteiger partial charge in [0.25, 0.3) is 0 Å². The number of aliphatic carboxylic acids is 1. The van der Waals surface area contributed by atoms with Gasteiger partial charge in [0.15, 0.2) is 0 Å². The molecule has 1 atom stereocenters. The normalized spacial score (nSPS) is 14.8. The predicted molar refractivity (Wildman–Crippen MR) is 64.2 cm³/mol. The van der Waals surface area contributed by atoms with Crippen molar-refractivity contribution in [1.82, 2.24) is 0 Å². The van der Waals surface area contributed by atoms with E-state index in [-0.39, 0.29) is 5.92 Å². The maximum atomic E-state index is 11.2. The average molecular weight is 221 g/mol. The number of carboxylic acid groups (broad SMARTS) is 1. The van der Waals surface area contributed by atoms with Gasteiger partial charge in [0.05, 0.1) is 0 Å². The molecule has 0 amide bonds. The summed E-state index contributed by atoms with van der Waals surface area (Å²) >= 11 is 0. The molecule has 0 saturated heterocycles. The third-order valence-electron chi connectivity index (χ3n) is 2.56.